The van der Waals surface area contributed by atoms with Crippen LogP contribution in [-0.2, 0) is 6.42 Å². The molecule has 4 nitrogen and oxygen atoms in total. The zero-order chi connectivity index (χ0) is 13.5. The average Bonchev–Trinajstić information content (AvgIpc) is 2.34. The molecule has 18 heavy (non-hydrogen) atoms. The third-order valence-corrected chi connectivity index (χ3v) is 2.97. The van der Waals surface area contributed by atoms with Crippen molar-refractivity contribution >= 4 is 0 Å². The molecule has 1 atom stereocenters. The number of rotatable bonds is 7. The summed E-state index contributed by atoms with van der Waals surface area (Å²) in [5, 5.41) is 12.5. The average molecular weight is 252 g/mol. The third kappa shape index (κ3) is 4.29. The molecule has 0 bridgehead atoms. The zero-order valence-corrected chi connectivity index (χ0v) is 11.5. The molecule has 4 N–H and O–H groups in total. The molecule has 0 spiro atoms. The molecule has 0 fully saturated rings. The first-order valence-electron chi connectivity index (χ1n) is 6.31. The number of aliphatic hydroxyl groups excluding tert-OH is 1. The van der Waals surface area contributed by atoms with Crippen LogP contribution in [0.5, 0.6) is 5.75 Å². The Morgan fingerprint density at radius 2 is 1.94 bits per heavy atom. The van der Waals surface area contributed by atoms with Gasteiger partial charge < -0.3 is 20.9 Å². The van der Waals surface area contributed by atoms with Crippen molar-refractivity contribution in [3.63, 3.8) is 0 Å². The van der Waals surface area contributed by atoms with Gasteiger partial charge in [0.1, 0.15) is 5.75 Å². The molecule has 0 aliphatic carbocycles. The first kappa shape index (κ1) is 15.0. The van der Waals surface area contributed by atoms with Gasteiger partial charge in [-0.3, -0.25) is 0 Å². The minimum Gasteiger partial charge on any atom is -0.496 e. The normalized spacial score (nSPS) is 12.5. The number of hydrogen-bond acceptors (Lipinski definition) is 4. The summed E-state index contributed by atoms with van der Waals surface area (Å²) >= 11 is 0. The lowest BCUT2D eigenvalue weighted by Crippen LogP contribution is -2.33. The Hall–Kier alpha value is -1.10. The Labute approximate surface area is 109 Å². The highest BCUT2D eigenvalue weighted by Crippen LogP contribution is 2.24. The number of nitrogens with one attached hydrogen (secondary N) is 1. The van der Waals surface area contributed by atoms with Crippen molar-refractivity contribution in [1.82, 2.24) is 5.32 Å². The second-order valence-corrected chi connectivity index (χ2v) is 4.61. The van der Waals surface area contributed by atoms with E-state index in [0.717, 1.165) is 29.8 Å². The highest BCUT2D eigenvalue weighted by molar-refractivity contribution is 5.43. The van der Waals surface area contributed by atoms with E-state index < -0.39 is 6.10 Å². The van der Waals surface area contributed by atoms with Gasteiger partial charge in [-0.2, -0.15) is 0 Å². The summed E-state index contributed by atoms with van der Waals surface area (Å²) in [6.45, 7) is 5.79. The smallest absolute Gasteiger partial charge is 0.124 e. The fraction of sp³-hybridized carbons (Fsp3) is 0.571. The van der Waals surface area contributed by atoms with Gasteiger partial charge >= 0.3 is 0 Å². The van der Waals surface area contributed by atoms with Crippen LogP contribution in [0.15, 0.2) is 12.1 Å². The van der Waals surface area contributed by atoms with Crippen LogP contribution in [0.4, 0.5) is 0 Å². The third-order valence-electron chi connectivity index (χ3n) is 2.97. The number of benzene rings is 1. The van der Waals surface area contributed by atoms with Crippen LogP contribution in [0, 0.1) is 13.8 Å². The first-order valence-corrected chi connectivity index (χ1v) is 6.31. The Bertz CT molecular complexity index is 357. The van der Waals surface area contributed by atoms with Crippen molar-refractivity contribution in [1.29, 1.82) is 0 Å². The lowest BCUT2D eigenvalue weighted by atomic mass is 10.0. The molecule has 1 unspecified atom stereocenters. The van der Waals surface area contributed by atoms with Crippen LogP contribution in [0.3, 0.4) is 0 Å². The molecule has 0 aliphatic rings. The fourth-order valence-electron chi connectivity index (χ4n) is 2.09. The molecular weight excluding hydrogens is 228 g/mol. The zero-order valence-electron chi connectivity index (χ0n) is 11.5. The van der Waals surface area contributed by atoms with Crippen LogP contribution < -0.4 is 15.8 Å². The van der Waals surface area contributed by atoms with E-state index in [1.165, 1.54) is 5.56 Å². The molecule has 1 aromatic rings. The summed E-state index contributed by atoms with van der Waals surface area (Å²) in [7, 11) is 1.70. The number of nitrogens with two attached hydrogens (primary N) is 1. The van der Waals surface area contributed by atoms with Crippen LogP contribution in [-0.4, -0.2) is 38.0 Å². The van der Waals surface area contributed by atoms with Crippen LogP contribution in [0.2, 0.25) is 0 Å². The van der Waals surface area contributed by atoms with Crippen LogP contribution in [0.1, 0.15) is 16.7 Å². The van der Waals surface area contributed by atoms with Crippen molar-refractivity contribution in [2.24, 2.45) is 5.73 Å². The van der Waals surface area contributed by atoms with Crippen LogP contribution in [0.25, 0.3) is 0 Å². The summed E-state index contributed by atoms with van der Waals surface area (Å²) in [5.74, 6) is 0.963. The largest absolute Gasteiger partial charge is 0.496 e. The highest BCUT2D eigenvalue weighted by atomic mass is 16.5. The molecule has 1 aromatic carbocycles. The van der Waals surface area contributed by atoms with Gasteiger partial charge in [-0.25, -0.2) is 0 Å². The second-order valence-electron chi connectivity index (χ2n) is 4.61. The molecule has 0 aliphatic heterocycles. The summed E-state index contributed by atoms with van der Waals surface area (Å²) in [5.41, 5.74) is 8.93. The van der Waals surface area contributed by atoms with E-state index in [9.17, 15) is 5.11 Å². The Balaban J connectivity index is 2.48. The standard InChI is InChI=1S/C14H24N2O2/c1-10-6-12(7-11(2)14(10)18-3)4-5-16-9-13(17)8-15/h6-7,13,16-17H,4-5,8-9,15H2,1-3H3. The topological polar surface area (TPSA) is 67.5 Å². The first-order chi connectivity index (χ1) is 8.58. The minimum atomic E-state index is -0.454. The molecule has 102 valence electrons. The number of aliphatic hydroxyl groups is 1. The van der Waals surface area contributed by atoms with Gasteiger partial charge in [0.2, 0.25) is 0 Å². The SMILES string of the molecule is COc1c(C)cc(CCNCC(O)CN)cc1C. The monoisotopic (exact) mass is 252 g/mol. The van der Waals surface area contributed by atoms with Gasteiger partial charge in [0, 0.05) is 13.1 Å². The molecule has 0 amide bonds. The van der Waals surface area contributed by atoms with Gasteiger partial charge in [-0.15, -0.1) is 0 Å². The lowest BCUT2D eigenvalue weighted by Gasteiger charge is -2.12. The second kappa shape index (κ2) is 7.36. The van der Waals surface area contributed by atoms with Gasteiger partial charge in [-0.05, 0) is 43.5 Å². The Morgan fingerprint density at radius 1 is 1.33 bits per heavy atom. The quantitative estimate of drug-likeness (QED) is 0.627. The molecule has 0 aromatic heterocycles. The molecule has 1 rings (SSSR count). The van der Waals surface area contributed by atoms with E-state index >= 15 is 0 Å². The molecular formula is C14H24N2O2. The number of methoxy groups -OCH3 is 1. The minimum absolute atomic E-state index is 0.299. The number of ether oxygens (including phenoxy) is 1. The predicted octanol–water partition coefficient (Wildman–Crippen LogP) is 0.764. The highest BCUT2D eigenvalue weighted by Gasteiger charge is 2.05. The number of aryl methyl sites for hydroxylation is 2. The number of hydrogen-bond donors (Lipinski definition) is 3. The maximum atomic E-state index is 9.31. The van der Waals surface area contributed by atoms with E-state index in [0.29, 0.717) is 13.1 Å². The van der Waals surface area contributed by atoms with Crippen molar-refractivity contribution < 1.29 is 9.84 Å². The van der Waals surface area contributed by atoms with Gasteiger partial charge in [0.15, 0.2) is 0 Å². The van der Waals surface area contributed by atoms with E-state index in [-0.39, 0.29) is 0 Å². The van der Waals surface area contributed by atoms with Gasteiger partial charge in [0.05, 0.1) is 13.2 Å². The summed E-state index contributed by atoms with van der Waals surface area (Å²) in [6, 6.07) is 4.29. The molecule has 0 saturated heterocycles. The van der Waals surface area contributed by atoms with E-state index in [4.69, 9.17) is 10.5 Å². The van der Waals surface area contributed by atoms with E-state index in [1.54, 1.807) is 7.11 Å². The summed E-state index contributed by atoms with van der Waals surface area (Å²) in [6.07, 6.45) is 0.479. The Kier molecular flexibility index (Phi) is 6.12. The van der Waals surface area contributed by atoms with E-state index in [2.05, 4.69) is 31.3 Å². The Morgan fingerprint density at radius 3 is 2.44 bits per heavy atom. The molecule has 4 heteroatoms. The molecule has 0 saturated carbocycles. The molecule has 0 radical (unpaired) electrons. The maximum Gasteiger partial charge on any atom is 0.124 e. The maximum absolute atomic E-state index is 9.31. The van der Waals surface area contributed by atoms with Gasteiger partial charge in [-0.1, -0.05) is 12.1 Å². The van der Waals surface area contributed by atoms with Crippen LogP contribution >= 0.6 is 0 Å². The molecule has 0 heterocycles. The van der Waals surface area contributed by atoms with Crippen molar-refractivity contribution in [2.45, 2.75) is 26.4 Å². The predicted molar refractivity (Wildman–Crippen MR) is 74.1 cm³/mol. The fourth-order valence-corrected chi connectivity index (χ4v) is 2.09. The lowest BCUT2D eigenvalue weighted by molar-refractivity contribution is 0.180. The van der Waals surface area contributed by atoms with Gasteiger partial charge in [0.25, 0.3) is 0 Å². The van der Waals surface area contributed by atoms with Crippen molar-refractivity contribution in [3.8, 4) is 5.75 Å². The summed E-state index contributed by atoms with van der Waals surface area (Å²) in [4.78, 5) is 0. The summed E-state index contributed by atoms with van der Waals surface area (Å²) < 4.78 is 5.34. The van der Waals surface area contributed by atoms with Crippen molar-refractivity contribution in [3.05, 3.63) is 28.8 Å². The van der Waals surface area contributed by atoms with E-state index in [1.807, 2.05) is 0 Å². The van der Waals surface area contributed by atoms with Crippen molar-refractivity contribution in [2.75, 3.05) is 26.7 Å².